The van der Waals surface area contributed by atoms with Crippen LogP contribution < -0.4 is 0 Å². The molecule has 0 aliphatic rings. The Bertz CT molecular complexity index is 220. The molecule has 0 heterocycles. The highest BCUT2D eigenvalue weighted by molar-refractivity contribution is 5.15. The fourth-order valence-electron chi connectivity index (χ4n) is 1.04. The lowest BCUT2D eigenvalue weighted by atomic mass is 10.1. The molecule has 0 aromatic carbocycles. The van der Waals surface area contributed by atoms with Crippen molar-refractivity contribution in [1.29, 1.82) is 0 Å². The van der Waals surface area contributed by atoms with Gasteiger partial charge in [-0.3, -0.25) is 0 Å². The average molecular weight is 162 g/mol. The Hall–Kier alpha value is -0.960. The second-order valence-corrected chi connectivity index (χ2v) is 3.11. The highest BCUT2D eigenvalue weighted by Crippen LogP contribution is 2.07. The first-order chi connectivity index (χ1) is 5.70. The summed E-state index contributed by atoms with van der Waals surface area (Å²) in [5, 5.41) is 0. The molecule has 0 saturated heterocycles. The topological polar surface area (TPSA) is 0 Å². The first-order valence-electron chi connectivity index (χ1n) is 4.50. The minimum Gasteiger partial charge on any atom is -0.0808 e. The van der Waals surface area contributed by atoms with Crippen molar-refractivity contribution >= 4 is 0 Å². The molecule has 0 spiro atoms. The Morgan fingerprint density at radius 1 is 1.58 bits per heavy atom. The van der Waals surface area contributed by atoms with Gasteiger partial charge in [0.15, 0.2) is 0 Å². The average Bonchev–Trinajstić information content (AvgIpc) is 2.02. The quantitative estimate of drug-likeness (QED) is 0.435. The molecule has 1 atom stereocenters. The maximum atomic E-state index is 3.47. The van der Waals surface area contributed by atoms with Crippen molar-refractivity contribution in [1.82, 2.24) is 0 Å². The number of rotatable bonds is 4. The number of hydrogen-bond acceptors (Lipinski definition) is 0. The van der Waals surface area contributed by atoms with E-state index in [9.17, 15) is 0 Å². The van der Waals surface area contributed by atoms with E-state index >= 15 is 0 Å². The molecule has 0 N–H and O–H groups in total. The Labute approximate surface area is 76.0 Å². The van der Waals surface area contributed by atoms with Gasteiger partial charge in [-0.25, -0.2) is 0 Å². The van der Waals surface area contributed by atoms with Crippen LogP contribution in [0.5, 0.6) is 0 Å². The zero-order valence-electron chi connectivity index (χ0n) is 8.35. The van der Waals surface area contributed by atoms with Crippen LogP contribution >= 0.6 is 0 Å². The van der Waals surface area contributed by atoms with Crippen molar-refractivity contribution in [2.24, 2.45) is 5.92 Å². The van der Waals surface area contributed by atoms with Crippen molar-refractivity contribution in [3.63, 3.8) is 0 Å². The van der Waals surface area contributed by atoms with Crippen molar-refractivity contribution < 1.29 is 0 Å². The van der Waals surface area contributed by atoms with Gasteiger partial charge in [-0.05, 0) is 31.4 Å². The molecule has 0 amide bonds. The molecule has 0 aromatic rings. The lowest BCUT2D eigenvalue weighted by Gasteiger charge is -2.01. The molecular weight excluding hydrogens is 144 g/mol. The van der Waals surface area contributed by atoms with Gasteiger partial charge in [-0.1, -0.05) is 43.9 Å². The van der Waals surface area contributed by atoms with Crippen LogP contribution in [0.3, 0.4) is 0 Å². The molecule has 1 unspecified atom stereocenters. The van der Waals surface area contributed by atoms with Gasteiger partial charge < -0.3 is 0 Å². The summed E-state index contributed by atoms with van der Waals surface area (Å²) in [7, 11) is 0. The maximum Gasteiger partial charge on any atom is -0.00105 e. The van der Waals surface area contributed by atoms with E-state index in [1.807, 2.05) is 6.92 Å². The first kappa shape index (κ1) is 11.0. The smallest absolute Gasteiger partial charge is 0.00105 e. The van der Waals surface area contributed by atoms with Crippen LogP contribution in [-0.2, 0) is 0 Å². The fourth-order valence-corrected chi connectivity index (χ4v) is 1.04. The minimum absolute atomic E-state index is 0.663. The lowest BCUT2D eigenvalue weighted by molar-refractivity contribution is 0.634. The van der Waals surface area contributed by atoms with Crippen LogP contribution in [0.15, 0.2) is 35.8 Å². The van der Waals surface area contributed by atoms with Crippen molar-refractivity contribution in [3.8, 4) is 0 Å². The van der Waals surface area contributed by atoms with E-state index in [0.29, 0.717) is 5.92 Å². The van der Waals surface area contributed by atoms with Crippen molar-refractivity contribution in [2.45, 2.75) is 33.6 Å². The lowest BCUT2D eigenvalue weighted by Crippen LogP contribution is -1.86. The molecule has 0 radical (unpaired) electrons. The van der Waals surface area contributed by atoms with E-state index in [-0.39, 0.29) is 0 Å². The molecule has 0 heteroatoms. The third kappa shape index (κ3) is 5.80. The molecule has 0 bridgehead atoms. The van der Waals surface area contributed by atoms with E-state index < -0.39 is 0 Å². The van der Waals surface area contributed by atoms with Crippen LogP contribution in [0, 0.1) is 5.92 Å². The zero-order chi connectivity index (χ0) is 9.40. The molecule has 0 rings (SSSR count). The van der Waals surface area contributed by atoms with Gasteiger partial charge in [0.25, 0.3) is 0 Å². The molecular formula is C12H18. The standard InChI is InChI=1S/C12H18/c1-5-7-11(3)9-10-12(4)8-6-2/h9-10,12H,1,6,8H2,2-4H3. The highest BCUT2D eigenvalue weighted by atomic mass is 14.0. The second-order valence-electron chi connectivity index (χ2n) is 3.11. The highest BCUT2D eigenvalue weighted by Gasteiger charge is 1.92. The SMILES string of the molecule is C=C=C=C(C)C=CC(C)CCC. The Balaban J connectivity index is 4.06. The van der Waals surface area contributed by atoms with Gasteiger partial charge in [0, 0.05) is 0 Å². The Kier molecular flexibility index (Phi) is 6.19. The fraction of sp³-hybridized carbons (Fsp3) is 0.500. The predicted octanol–water partition coefficient (Wildman–Crippen LogP) is 3.87. The first-order valence-corrected chi connectivity index (χ1v) is 4.50. The van der Waals surface area contributed by atoms with Gasteiger partial charge >= 0.3 is 0 Å². The van der Waals surface area contributed by atoms with Crippen LogP contribution in [0.1, 0.15) is 33.6 Å². The summed E-state index contributed by atoms with van der Waals surface area (Å²) in [6.45, 7) is 9.91. The van der Waals surface area contributed by atoms with E-state index in [1.165, 1.54) is 12.8 Å². The molecule has 0 aliphatic carbocycles. The van der Waals surface area contributed by atoms with Crippen LogP contribution in [0.25, 0.3) is 0 Å². The third-order valence-corrected chi connectivity index (χ3v) is 1.70. The van der Waals surface area contributed by atoms with Crippen molar-refractivity contribution in [2.75, 3.05) is 0 Å². The molecule has 0 saturated carbocycles. The minimum atomic E-state index is 0.663. The van der Waals surface area contributed by atoms with Crippen LogP contribution in [0.2, 0.25) is 0 Å². The molecule has 0 fully saturated rings. The van der Waals surface area contributed by atoms with E-state index in [2.05, 4.69) is 44.0 Å². The zero-order valence-corrected chi connectivity index (χ0v) is 8.35. The summed E-state index contributed by atoms with van der Waals surface area (Å²) >= 11 is 0. The van der Waals surface area contributed by atoms with Gasteiger partial charge in [0.05, 0.1) is 0 Å². The van der Waals surface area contributed by atoms with Crippen LogP contribution in [-0.4, -0.2) is 0 Å². The molecule has 0 nitrogen and oxygen atoms in total. The summed E-state index contributed by atoms with van der Waals surface area (Å²) in [5.41, 5.74) is 6.64. The normalized spacial score (nSPS) is 12.2. The van der Waals surface area contributed by atoms with Gasteiger partial charge in [0.2, 0.25) is 0 Å². The second kappa shape index (κ2) is 6.73. The molecule has 12 heavy (non-hydrogen) atoms. The van der Waals surface area contributed by atoms with Crippen molar-refractivity contribution in [3.05, 3.63) is 35.8 Å². The predicted molar refractivity (Wildman–Crippen MR) is 55.1 cm³/mol. The summed E-state index contributed by atoms with van der Waals surface area (Å²) in [5.74, 6) is 0.663. The summed E-state index contributed by atoms with van der Waals surface area (Å²) < 4.78 is 0. The third-order valence-electron chi connectivity index (χ3n) is 1.70. The summed E-state index contributed by atoms with van der Waals surface area (Å²) in [6.07, 6.45) is 6.79. The van der Waals surface area contributed by atoms with Gasteiger partial charge in [-0.2, -0.15) is 0 Å². The van der Waals surface area contributed by atoms with E-state index in [4.69, 9.17) is 0 Å². The summed E-state index contributed by atoms with van der Waals surface area (Å²) in [4.78, 5) is 0. The summed E-state index contributed by atoms with van der Waals surface area (Å²) in [6, 6.07) is 0. The Morgan fingerprint density at radius 3 is 2.75 bits per heavy atom. The maximum absolute atomic E-state index is 3.47. The molecule has 0 aliphatic heterocycles. The number of allylic oxidation sites excluding steroid dienone is 3. The largest absolute Gasteiger partial charge is 0.0808 e. The molecule has 66 valence electrons. The number of hydrogen-bond donors (Lipinski definition) is 0. The van der Waals surface area contributed by atoms with Gasteiger partial charge in [0.1, 0.15) is 0 Å². The van der Waals surface area contributed by atoms with E-state index in [0.717, 1.165) is 5.57 Å². The van der Waals surface area contributed by atoms with Crippen LogP contribution in [0.4, 0.5) is 0 Å². The molecule has 0 aromatic heterocycles. The van der Waals surface area contributed by atoms with Gasteiger partial charge in [-0.15, -0.1) is 0 Å². The Morgan fingerprint density at radius 2 is 2.25 bits per heavy atom. The monoisotopic (exact) mass is 162 g/mol. The van der Waals surface area contributed by atoms with E-state index in [1.54, 1.807) is 0 Å².